The lowest BCUT2D eigenvalue weighted by Crippen LogP contribution is -2.35. The zero-order valence-corrected chi connectivity index (χ0v) is 13.3. The van der Waals surface area contributed by atoms with Gasteiger partial charge in [-0.3, -0.25) is 9.20 Å². The average Bonchev–Trinajstić information content (AvgIpc) is 2.85. The minimum absolute atomic E-state index is 0.238. The minimum Gasteiger partial charge on any atom is -0.490 e. The molecule has 0 fully saturated rings. The molecule has 0 unspecified atom stereocenters. The second-order valence-corrected chi connectivity index (χ2v) is 4.66. The van der Waals surface area contributed by atoms with Crippen molar-refractivity contribution < 1.29 is 19.0 Å². The maximum Gasteiger partial charge on any atom is 0.270 e. The Morgan fingerprint density at radius 3 is 2.77 bits per heavy atom. The van der Waals surface area contributed by atoms with Gasteiger partial charge in [-0.1, -0.05) is 0 Å². The number of aryl methyl sites for hydroxylation is 1. The van der Waals surface area contributed by atoms with Crippen LogP contribution in [-0.4, -0.2) is 49.0 Å². The number of aromatic nitrogens is 2. The molecule has 2 aromatic heterocycles. The summed E-state index contributed by atoms with van der Waals surface area (Å²) in [5.74, 6) is 0.413. The van der Waals surface area contributed by atoms with Gasteiger partial charge in [0.25, 0.3) is 5.91 Å². The normalized spacial score (nSPS) is 11.1. The molecule has 1 amide bonds. The van der Waals surface area contributed by atoms with Gasteiger partial charge in [-0.2, -0.15) is 0 Å². The lowest BCUT2D eigenvalue weighted by atomic mass is 10.3. The standard InChI is InChI=1S/C15H21N3O4/c1-5-22-11-7-6-8-18-13(10(2)17-14(11)18)15(19)16-9-12(20-3)21-4/h6-8,12H,5,9H2,1-4H3,(H,16,19). The van der Waals surface area contributed by atoms with Gasteiger partial charge in [0, 0.05) is 20.4 Å². The van der Waals surface area contributed by atoms with Crippen molar-refractivity contribution >= 4 is 11.6 Å². The predicted molar refractivity (Wildman–Crippen MR) is 81.2 cm³/mol. The fourth-order valence-electron chi connectivity index (χ4n) is 2.22. The van der Waals surface area contributed by atoms with Gasteiger partial charge in [-0.05, 0) is 26.0 Å². The average molecular weight is 307 g/mol. The fraction of sp³-hybridized carbons (Fsp3) is 0.467. The zero-order chi connectivity index (χ0) is 16.1. The highest BCUT2D eigenvalue weighted by Crippen LogP contribution is 2.21. The molecule has 22 heavy (non-hydrogen) atoms. The molecule has 0 radical (unpaired) electrons. The van der Waals surface area contributed by atoms with E-state index >= 15 is 0 Å². The van der Waals surface area contributed by atoms with Crippen LogP contribution in [-0.2, 0) is 9.47 Å². The molecular weight excluding hydrogens is 286 g/mol. The summed E-state index contributed by atoms with van der Waals surface area (Å²) in [5, 5.41) is 2.78. The number of fused-ring (bicyclic) bond motifs is 1. The molecule has 0 saturated heterocycles. The maximum atomic E-state index is 12.4. The SMILES string of the molecule is CCOc1cccn2c(C(=O)NCC(OC)OC)c(C)nc12. The van der Waals surface area contributed by atoms with Crippen molar-refractivity contribution in [2.45, 2.75) is 20.1 Å². The van der Waals surface area contributed by atoms with Crippen molar-refractivity contribution in [3.05, 3.63) is 29.7 Å². The van der Waals surface area contributed by atoms with E-state index in [0.717, 1.165) is 0 Å². The van der Waals surface area contributed by atoms with Gasteiger partial charge in [0.1, 0.15) is 5.69 Å². The number of methoxy groups -OCH3 is 2. The third-order valence-electron chi connectivity index (χ3n) is 3.26. The summed E-state index contributed by atoms with van der Waals surface area (Å²) in [4.78, 5) is 16.9. The molecule has 0 spiro atoms. The fourth-order valence-corrected chi connectivity index (χ4v) is 2.22. The van der Waals surface area contributed by atoms with Crippen LogP contribution in [0.5, 0.6) is 5.75 Å². The van der Waals surface area contributed by atoms with Gasteiger partial charge in [0.05, 0.1) is 18.8 Å². The van der Waals surface area contributed by atoms with Crippen molar-refractivity contribution in [2.75, 3.05) is 27.4 Å². The van der Waals surface area contributed by atoms with E-state index in [1.165, 1.54) is 14.2 Å². The Kier molecular flexibility index (Phi) is 5.35. The maximum absolute atomic E-state index is 12.4. The van der Waals surface area contributed by atoms with E-state index in [1.807, 2.05) is 19.1 Å². The third-order valence-corrected chi connectivity index (χ3v) is 3.26. The van der Waals surface area contributed by atoms with Crippen LogP contribution in [0, 0.1) is 6.92 Å². The van der Waals surface area contributed by atoms with Crippen LogP contribution in [0.1, 0.15) is 23.1 Å². The quantitative estimate of drug-likeness (QED) is 0.783. The van der Waals surface area contributed by atoms with Crippen LogP contribution in [0.15, 0.2) is 18.3 Å². The molecule has 120 valence electrons. The first kappa shape index (κ1) is 16.3. The summed E-state index contributed by atoms with van der Waals surface area (Å²) in [6, 6.07) is 3.65. The zero-order valence-electron chi connectivity index (χ0n) is 13.3. The monoisotopic (exact) mass is 307 g/mol. The Morgan fingerprint density at radius 1 is 1.41 bits per heavy atom. The molecule has 0 aliphatic rings. The number of nitrogens with one attached hydrogen (secondary N) is 1. The number of imidazole rings is 1. The van der Waals surface area contributed by atoms with E-state index in [2.05, 4.69) is 10.3 Å². The number of ether oxygens (including phenoxy) is 3. The molecule has 7 nitrogen and oxygen atoms in total. The van der Waals surface area contributed by atoms with E-state index in [9.17, 15) is 4.79 Å². The number of amides is 1. The number of hydrogen-bond donors (Lipinski definition) is 1. The van der Waals surface area contributed by atoms with Crippen LogP contribution in [0.3, 0.4) is 0 Å². The Morgan fingerprint density at radius 2 is 2.14 bits per heavy atom. The molecule has 0 atom stereocenters. The Bertz CT molecular complexity index is 650. The van der Waals surface area contributed by atoms with Crippen LogP contribution < -0.4 is 10.1 Å². The second kappa shape index (κ2) is 7.24. The number of hydrogen-bond acceptors (Lipinski definition) is 5. The van der Waals surface area contributed by atoms with E-state index in [0.29, 0.717) is 29.4 Å². The first-order chi connectivity index (χ1) is 10.6. The topological polar surface area (TPSA) is 74.1 Å². The Hall–Kier alpha value is -2.12. The van der Waals surface area contributed by atoms with E-state index in [-0.39, 0.29) is 12.5 Å². The van der Waals surface area contributed by atoms with Gasteiger partial charge in [-0.15, -0.1) is 0 Å². The summed E-state index contributed by atoms with van der Waals surface area (Å²) in [6.07, 6.45) is 1.30. The van der Waals surface area contributed by atoms with E-state index < -0.39 is 6.29 Å². The number of carbonyl (C=O) groups excluding carboxylic acids is 1. The van der Waals surface area contributed by atoms with Crippen LogP contribution in [0.4, 0.5) is 0 Å². The van der Waals surface area contributed by atoms with Crippen molar-refractivity contribution in [2.24, 2.45) is 0 Å². The molecule has 0 aliphatic heterocycles. The summed E-state index contributed by atoms with van der Waals surface area (Å²) in [7, 11) is 3.04. The molecule has 7 heteroatoms. The Labute approximate surface area is 129 Å². The van der Waals surface area contributed by atoms with Crippen molar-refractivity contribution in [1.82, 2.24) is 14.7 Å². The van der Waals surface area contributed by atoms with Crippen molar-refractivity contribution in [1.29, 1.82) is 0 Å². The molecule has 0 aromatic carbocycles. The molecule has 2 rings (SSSR count). The summed E-state index contributed by atoms with van der Waals surface area (Å²) < 4.78 is 17.4. The number of nitrogens with zero attached hydrogens (tertiary/aromatic N) is 2. The number of pyridine rings is 1. The summed E-state index contributed by atoms with van der Waals surface area (Å²) >= 11 is 0. The van der Waals surface area contributed by atoms with Crippen molar-refractivity contribution in [3.63, 3.8) is 0 Å². The molecular formula is C15H21N3O4. The van der Waals surface area contributed by atoms with Crippen molar-refractivity contribution in [3.8, 4) is 5.75 Å². The van der Waals surface area contributed by atoms with Gasteiger partial charge in [0.15, 0.2) is 17.7 Å². The summed E-state index contributed by atoms with van der Waals surface area (Å²) in [6.45, 7) is 4.49. The Balaban J connectivity index is 2.29. The molecule has 0 bridgehead atoms. The van der Waals surface area contributed by atoms with Crippen LogP contribution in [0.25, 0.3) is 5.65 Å². The highest BCUT2D eigenvalue weighted by molar-refractivity contribution is 5.95. The van der Waals surface area contributed by atoms with Gasteiger partial charge in [-0.25, -0.2) is 4.98 Å². The third kappa shape index (κ3) is 3.20. The van der Waals surface area contributed by atoms with Crippen LogP contribution >= 0.6 is 0 Å². The molecule has 2 aromatic rings. The smallest absolute Gasteiger partial charge is 0.270 e. The van der Waals surface area contributed by atoms with Gasteiger partial charge in [0.2, 0.25) is 0 Å². The lowest BCUT2D eigenvalue weighted by Gasteiger charge is -2.14. The summed E-state index contributed by atoms with van der Waals surface area (Å²) in [5.41, 5.74) is 1.74. The second-order valence-electron chi connectivity index (χ2n) is 4.66. The van der Waals surface area contributed by atoms with E-state index in [1.54, 1.807) is 17.5 Å². The highest BCUT2D eigenvalue weighted by atomic mass is 16.7. The molecule has 0 saturated carbocycles. The van der Waals surface area contributed by atoms with Gasteiger partial charge < -0.3 is 19.5 Å². The first-order valence-electron chi connectivity index (χ1n) is 7.06. The predicted octanol–water partition coefficient (Wildman–Crippen LogP) is 1.39. The highest BCUT2D eigenvalue weighted by Gasteiger charge is 2.19. The molecule has 1 N–H and O–H groups in total. The minimum atomic E-state index is -0.484. The van der Waals surface area contributed by atoms with Crippen LogP contribution in [0.2, 0.25) is 0 Å². The van der Waals surface area contributed by atoms with Gasteiger partial charge >= 0.3 is 0 Å². The number of carbonyl (C=O) groups is 1. The van der Waals surface area contributed by atoms with E-state index in [4.69, 9.17) is 14.2 Å². The first-order valence-corrected chi connectivity index (χ1v) is 7.06. The largest absolute Gasteiger partial charge is 0.490 e. The lowest BCUT2D eigenvalue weighted by molar-refractivity contribution is -0.0974. The molecule has 0 aliphatic carbocycles. The molecule has 2 heterocycles. The number of rotatable bonds is 7.